The highest BCUT2D eigenvalue weighted by molar-refractivity contribution is 5.39. The minimum Gasteiger partial charge on any atom is -0.496 e. The summed E-state index contributed by atoms with van der Waals surface area (Å²) in [4.78, 5) is 0. The Morgan fingerprint density at radius 2 is 2.16 bits per heavy atom. The number of hydrogen-bond acceptors (Lipinski definition) is 3. The van der Waals surface area contributed by atoms with Crippen LogP contribution in [-0.2, 0) is 5.60 Å². The molecule has 3 N–H and O–H groups in total. The summed E-state index contributed by atoms with van der Waals surface area (Å²) in [6.07, 6.45) is 3.06. The van der Waals surface area contributed by atoms with Gasteiger partial charge in [-0.2, -0.15) is 0 Å². The SMILES string of the molecule is COc1ccccc1C(C)(O)C1(CN)CCC(C)C1. The van der Waals surface area contributed by atoms with Crippen molar-refractivity contribution in [3.05, 3.63) is 29.8 Å². The van der Waals surface area contributed by atoms with Gasteiger partial charge < -0.3 is 15.6 Å². The molecule has 0 heterocycles. The smallest absolute Gasteiger partial charge is 0.124 e. The molecule has 1 aromatic carbocycles. The predicted octanol–water partition coefficient (Wildman–Crippen LogP) is 2.67. The first-order valence-electron chi connectivity index (χ1n) is 7.03. The molecule has 0 saturated heterocycles. The first-order valence-corrected chi connectivity index (χ1v) is 7.03. The molecule has 3 atom stereocenters. The molecule has 2 rings (SSSR count). The summed E-state index contributed by atoms with van der Waals surface area (Å²) in [6.45, 7) is 4.62. The lowest BCUT2D eigenvalue weighted by molar-refractivity contribution is -0.0724. The molecule has 106 valence electrons. The van der Waals surface area contributed by atoms with Gasteiger partial charge in [-0.15, -0.1) is 0 Å². The molecule has 0 aliphatic heterocycles. The zero-order chi connectivity index (χ0) is 14.1. The normalized spacial score (nSPS) is 30.1. The minimum absolute atomic E-state index is 0.249. The van der Waals surface area contributed by atoms with E-state index in [0.717, 1.165) is 30.6 Å². The summed E-state index contributed by atoms with van der Waals surface area (Å²) in [5.41, 5.74) is 5.68. The quantitative estimate of drug-likeness (QED) is 0.878. The summed E-state index contributed by atoms with van der Waals surface area (Å²) in [6, 6.07) is 7.70. The Labute approximate surface area is 115 Å². The summed E-state index contributed by atoms with van der Waals surface area (Å²) in [5, 5.41) is 11.2. The van der Waals surface area contributed by atoms with Gasteiger partial charge in [0.2, 0.25) is 0 Å². The Kier molecular flexibility index (Phi) is 3.88. The van der Waals surface area contributed by atoms with Crippen LogP contribution < -0.4 is 10.5 Å². The predicted molar refractivity (Wildman–Crippen MR) is 77.1 cm³/mol. The second-order valence-corrected chi connectivity index (χ2v) is 6.10. The highest BCUT2D eigenvalue weighted by Crippen LogP contribution is 2.53. The van der Waals surface area contributed by atoms with Crippen LogP contribution in [0, 0.1) is 11.3 Å². The molecule has 1 fully saturated rings. The third-order valence-corrected chi connectivity index (χ3v) is 4.91. The van der Waals surface area contributed by atoms with E-state index in [2.05, 4.69) is 6.92 Å². The number of methoxy groups -OCH3 is 1. The largest absolute Gasteiger partial charge is 0.496 e. The molecular formula is C16H25NO2. The van der Waals surface area contributed by atoms with Crippen molar-refractivity contribution in [1.29, 1.82) is 0 Å². The van der Waals surface area contributed by atoms with E-state index in [4.69, 9.17) is 10.5 Å². The number of nitrogens with two attached hydrogens (primary N) is 1. The van der Waals surface area contributed by atoms with Gasteiger partial charge >= 0.3 is 0 Å². The molecule has 1 aromatic rings. The molecular weight excluding hydrogens is 238 g/mol. The first kappa shape index (κ1) is 14.4. The van der Waals surface area contributed by atoms with Crippen LogP contribution in [-0.4, -0.2) is 18.8 Å². The van der Waals surface area contributed by atoms with Gasteiger partial charge in [-0.05, 0) is 38.2 Å². The topological polar surface area (TPSA) is 55.5 Å². The van der Waals surface area contributed by atoms with Gasteiger partial charge in [-0.1, -0.05) is 25.1 Å². The van der Waals surface area contributed by atoms with Gasteiger partial charge in [0.1, 0.15) is 5.75 Å². The molecule has 3 nitrogen and oxygen atoms in total. The number of rotatable bonds is 4. The summed E-state index contributed by atoms with van der Waals surface area (Å²) >= 11 is 0. The highest BCUT2D eigenvalue weighted by Gasteiger charge is 2.51. The fourth-order valence-electron chi connectivity index (χ4n) is 3.55. The molecule has 0 spiro atoms. The van der Waals surface area contributed by atoms with Crippen LogP contribution in [0.3, 0.4) is 0 Å². The van der Waals surface area contributed by atoms with E-state index in [9.17, 15) is 5.11 Å². The van der Waals surface area contributed by atoms with Crippen LogP contribution in [0.4, 0.5) is 0 Å². The molecule has 19 heavy (non-hydrogen) atoms. The molecule has 3 heteroatoms. The van der Waals surface area contributed by atoms with Crippen molar-refractivity contribution in [1.82, 2.24) is 0 Å². The van der Waals surface area contributed by atoms with Crippen molar-refractivity contribution >= 4 is 0 Å². The van der Waals surface area contributed by atoms with Crippen molar-refractivity contribution in [3.63, 3.8) is 0 Å². The van der Waals surface area contributed by atoms with E-state index in [1.807, 2.05) is 31.2 Å². The van der Waals surface area contributed by atoms with Crippen LogP contribution in [0.5, 0.6) is 5.75 Å². The molecule has 1 saturated carbocycles. The van der Waals surface area contributed by atoms with E-state index in [1.54, 1.807) is 7.11 Å². The van der Waals surface area contributed by atoms with Gasteiger partial charge in [-0.25, -0.2) is 0 Å². The molecule has 1 aliphatic carbocycles. The first-order chi connectivity index (χ1) is 8.97. The Morgan fingerprint density at radius 3 is 2.68 bits per heavy atom. The lowest BCUT2D eigenvalue weighted by Crippen LogP contribution is -2.47. The highest BCUT2D eigenvalue weighted by atomic mass is 16.5. The zero-order valence-electron chi connectivity index (χ0n) is 12.1. The van der Waals surface area contributed by atoms with Gasteiger partial charge in [0.05, 0.1) is 12.7 Å². The number of para-hydroxylation sites is 1. The Bertz CT molecular complexity index is 444. The monoisotopic (exact) mass is 263 g/mol. The number of hydrogen-bond donors (Lipinski definition) is 2. The Morgan fingerprint density at radius 1 is 1.47 bits per heavy atom. The fraction of sp³-hybridized carbons (Fsp3) is 0.625. The van der Waals surface area contributed by atoms with Crippen LogP contribution in [0.15, 0.2) is 24.3 Å². The van der Waals surface area contributed by atoms with Crippen LogP contribution in [0.2, 0.25) is 0 Å². The number of aliphatic hydroxyl groups is 1. The third kappa shape index (κ3) is 2.26. The average molecular weight is 263 g/mol. The summed E-state index contributed by atoms with van der Waals surface area (Å²) in [5.74, 6) is 1.35. The fourth-order valence-corrected chi connectivity index (χ4v) is 3.55. The molecule has 0 radical (unpaired) electrons. The van der Waals surface area contributed by atoms with Crippen LogP contribution in [0.1, 0.15) is 38.7 Å². The van der Waals surface area contributed by atoms with Crippen LogP contribution in [0.25, 0.3) is 0 Å². The number of benzene rings is 1. The van der Waals surface area contributed by atoms with Crippen molar-refractivity contribution in [3.8, 4) is 5.75 Å². The summed E-state index contributed by atoms with van der Waals surface area (Å²) in [7, 11) is 1.64. The molecule has 0 amide bonds. The van der Waals surface area contributed by atoms with E-state index in [-0.39, 0.29) is 5.41 Å². The average Bonchev–Trinajstić information content (AvgIpc) is 2.82. The van der Waals surface area contributed by atoms with Gasteiger partial charge in [0, 0.05) is 17.5 Å². The maximum Gasteiger partial charge on any atom is 0.124 e. The maximum absolute atomic E-state index is 11.2. The third-order valence-electron chi connectivity index (χ3n) is 4.91. The minimum atomic E-state index is -0.959. The van der Waals surface area contributed by atoms with Gasteiger partial charge in [0.15, 0.2) is 0 Å². The standard InChI is InChI=1S/C16H25NO2/c1-12-8-9-16(10-12,11-17)15(2,18)13-6-4-5-7-14(13)19-3/h4-7,12,18H,8-11,17H2,1-3H3. The second-order valence-electron chi connectivity index (χ2n) is 6.10. The molecule has 0 bridgehead atoms. The van der Waals surface area contributed by atoms with Crippen molar-refractivity contribution in [2.24, 2.45) is 17.1 Å². The lowest BCUT2D eigenvalue weighted by atomic mass is 9.67. The lowest BCUT2D eigenvalue weighted by Gasteiger charge is -2.43. The Balaban J connectivity index is 2.45. The summed E-state index contributed by atoms with van der Waals surface area (Å²) < 4.78 is 5.41. The van der Waals surface area contributed by atoms with E-state index >= 15 is 0 Å². The van der Waals surface area contributed by atoms with Crippen molar-refractivity contribution < 1.29 is 9.84 Å². The van der Waals surface area contributed by atoms with Gasteiger partial charge in [-0.3, -0.25) is 0 Å². The number of ether oxygens (including phenoxy) is 1. The Hall–Kier alpha value is -1.06. The van der Waals surface area contributed by atoms with E-state index < -0.39 is 5.60 Å². The molecule has 1 aliphatic rings. The maximum atomic E-state index is 11.2. The second kappa shape index (κ2) is 5.14. The van der Waals surface area contributed by atoms with Crippen molar-refractivity contribution in [2.75, 3.05) is 13.7 Å². The van der Waals surface area contributed by atoms with Crippen molar-refractivity contribution in [2.45, 2.75) is 38.7 Å². The van der Waals surface area contributed by atoms with E-state index in [0.29, 0.717) is 12.5 Å². The van der Waals surface area contributed by atoms with E-state index in [1.165, 1.54) is 0 Å². The molecule has 0 aromatic heterocycles. The van der Waals surface area contributed by atoms with Gasteiger partial charge in [0.25, 0.3) is 0 Å². The van der Waals surface area contributed by atoms with Crippen LogP contribution >= 0.6 is 0 Å². The zero-order valence-corrected chi connectivity index (χ0v) is 12.1. The molecule has 3 unspecified atom stereocenters.